The van der Waals surface area contributed by atoms with Gasteiger partial charge in [0.15, 0.2) is 0 Å². The molecule has 1 aromatic carbocycles. The molecule has 3 aromatic heterocycles. The summed E-state index contributed by atoms with van der Waals surface area (Å²) in [5.41, 5.74) is 3.73. The van der Waals surface area contributed by atoms with Crippen molar-refractivity contribution >= 4 is 22.5 Å². The molecule has 0 saturated carbocycles. The molecule has 4 aromatic rings. The van der Waals surface area contributed by atoms with Gasteiger partial charge in [0.05, 0.1) is 23.1 Å². The van der Waals surface area contributed by atoms with Gasteiger partial charge in [-0.05, 0) is 43.3 Å². The van der Waals surface area contributed by atoms with Crippen LogP contribution in [0.5, 0.6) is 0 Å². The summed E-state index contributed by atoms with van der Waals surface area (Å²) >= 11 is 0. The van der Waals surface area contributed by atoms with Crippen molar-refractivity contribution in [2.24, 2.45) is 0 Å². The van der Waals surface area contributed by atoms with Gasteiger partial charge in [-0.1, -0.05) is 6.07 Å². The Kier molecular flexibility index (Phi) is 3.70. The number of nitrogens with zero attached hydrogens (tertiary/aromatic N) is 4. The number of fused-ring (bicyclic) bond motifs is 1. The predicted octanol–water partition coefficient (Wildman–Crippen LogP) is 3.38. The van der Waals surface area contributed by atoms with Gasteiger partial charge in [0.25, 0.3) is 5.91 Å². The van der Waals surface area contributed by atoms with Gasteiger partial charge in [-0.15, -0.1) is 0 Å². The Hall–Kier alpha value is -3.54. The summed E-state index contributed by atoms with van der Waals surface area (Å²) in [6.07, 6.45) is 6.77. The predicted molar refractivity (Wildman–Crippen MR) is 95.8 cm³/mol. The number of hydrogen-bond donors (Lipinski definition) is 1. The van der Waals surface area contributed by atoms with Crippen LogP contribution in [0.1, 0.15) is 16.1 Å². The number of carbonyl (C=O) groups is 1. The van der Waals surface area contributed by atoms with Gasteiger partial charge in [-0.3, -0.25) is 14.8 Å². The molecule has 0 unspecified atom stereocenters. The van der Waals surface area contributed by atoms with Crippen LogP contribution < -0.4 is 5.32 Å². The maximum Gasteiger partial charge on any atom is 0.255 e. The Balaban J connectivity index is 1.66. The molecule has 25 heavy (non-hydrogen) atoms. The molecule has 0 aliphatic rings. The van der Waals surface area contributed by atoms with Gasteiger partial charge in [0.1, 0.15) is 0 Å². The summed E-state index contributed by atoms with van der Waals surface area (Å²) in [5.74, 6) is -0.205. The number of amides is 1. The second-order valence-corrected chi connectivity index (χ2v) is 5.66. The van der Waals surface area contributed by atoms with E-state index in [1.165, 1.54) is 0 Å². The smallest absolute Gasteiger partial charge is 0.255 e. The van der Waals surface area contributed by atoms with Gasteiger partial charge in [-0.2, -0.15) is 5.10 Å². The molecule has 3 heterocycles. The molecule has 0 saturated heterocycles. The lowest BCUT2D eigenvalue weighted by molar-refractivity contribution is 0.102. The van der Waals surface area contributed by atoms with Crippen LogP contribution in [0.2, 0.25) is 0 Å². The van der Waals surface area contributed by atoms with Crippen molar-refractivity contribution in [2.45, 2.75) is 6.92 Å². The third-order valence-electron chi connectivity index (χ3n) is 3.89. The van der Waals surface area contributed by atoms with Crippen LogP contribution in [0, 0.1) is 6.92 Å². The van der Waals surface area contributed by atoms with E-state index in [4.69, 9.17) is 0 Å². The van der Waals surface area contributed by atoms with Crippen molar-refractivity contribution in [3.8, 4) is 5.69 Å². The van der Waals surface area contributed by atoms with E-state index >= 15 is 0 Å². The summed E-state index contributed by atoms with van der Waals surface area (Å²) in [5, 5.41) is 8.04. The standard InChI is InChI=1S/C19H15N5O/c1-13-3-4-14-11-15(5-6-16(14)22-13)19(25)23-17-12-20-9-7-18(17)24-10-2-8-21-24/h2-12H,1H3,(H,23,25). The fraction of sp³-hybridized carbons (Fsp3) is 0.0526. The van der Waals surface area contributed by atoms with E-state index in [1.54, 1.807) is 35.4 Å². The lowest BCUT2D eigenvalue weighted by Gasteiger charge is -2.11. The van der Waals surface area contributed by atoms with E-state index < -0.39 is 0 Å². The number of hydrogen-bond acceptors (Lipinski definition) is 4. The summed E-state index contributed by atoms with van der Waals surface area (Å²) in [4.78, 5) is 21.2. The quantitative estimate of drug-likeness (QED) is 0.625. The van der Waals surface area contributed by atoms with E-state index in [-0.39, 0.29) is 5.91 Å². The summed E-state index contributed by atoms with van der Waals surface area (Å²) in [6, 6.07) is 13.0. The Bertz CT molecular complexity index is 1060. The summed E-state index contributed by atoms with van der Waals surface area (Å²) in [6.45, 7) is 1.94. The first-order valence-electron chi connectivity index (χ1n) is 7.83. The third-order valence-corrected chi connectivity index (χ3v) is 3.89. The molecule has 0 fully saturated rings. The van der Waals surface area contributed by atoms with Crippen molar-refractivity contribution in [3.05, 3.63) is 78.5 Å². The van der Waals surface area contributed by atoms with E-state index in [9.17, 15) is 4.79 Å². The van der Waals surface area contributed by atoms with Gasteiger partial charge < -0.3 is 5.32 Å². The van der Waals surface area contributed by atoms with Crippen LogP contribution in [-0.4, -0.2) is 25.7 Å². The molecule has 4 rings (SSSR count). The lowest BCUT2D eigenvalue weighted by Crippen LogP contribution is -2.14. The Labute approximate surface area is 144 Å². The Morgan fingerprint density at radius 2 is 2.04 bits per heavy atom. The minimum atomic E-state index is -0.205. The van der Waals surface area contributed by atoms with Crippen LogP contribution in [-0.2, 0) is 0 Å². The average molecular weight is 329 g/mol. The highest BCUT2D eigenvalue weighted by atomic mass is 16.1. The average Bonchev–Trinajstić information content (AvgIpc) is 3.16. The Morgan fingerprint density at radius 3 is 2.88 bits per heavy atom. The minimum Gasteiger partial charge on any atom is -0.319 e. The number of anilines is 1. The number of aryl methyl sites for hydroxylation is 1. The summed E-state index contributed by atoms with van der Waals surface area (Å²) in [7, 11) is 0. The zero-order valence-electron chi connectivity index (χ0n) is 13.5. The first-order chi connectivity index (χ1) is 12.2. The molecule has 0 bridgehead atoms. The maximum absolute atomic E-state index is 12.7. The van der Waals surface area contributed by atoms with E-state index in [2.05, 4.69) is 20.4 Å². The van der Waals surface area contributed by atoms with E-state index in [1.807, 2.05) is 43.5 Å². The molecule has 0 aliphatic heterocycles. The van der Waals surface area contributed by atoms with E-state index in [0.717, 1.165) is 22.3 Å². The lowest BCUT2D eigenvalue weighted by atomic mass is 10.1. The van der Waals surface area contributed by atoms with Gasteiger partial charge in [0, 0.05) is 35.2 Å². The number of carbonyl (C=O) groups excluding carboxylic acids is 1. The van der Waals surface area contributed by atoms with Crippen molar-refractivity contribution in [2.75, 3.05) is 5.32 Å². The molecule has 122 valence electrons. The monoisotopic (exact) mass is 329 g/mol. The zero-order valence-corrected chi connectivity index (χ0v) is 13.5. The zero-order chi connectivity index (χ0) is 17.2. The molecule has 1 N–H and O–H groups in total. The molecule has 6 nitrogen and oxygen atoms in total. The minimum absolute atomic E-state index is 0.205. The molecule has 0 radical (unpaired) electrons. The van der Waals surface area contributed by atoms with Crippen molar-refractivity contribution in [1.29, 1.82) is 0 Å². The first-order valence-corrected chi connectivity index (χ1v) is 7.83. The highest BCUT2D eigenvalue weighted by Gasteiger charge is 2.11. The van der Waals surface area contributed by atoms with Gasteiger partial charge >= 0.3 is 0 Å². The van der Waals surface area contributed by atoms with Crippen LogP contribution in [0.4, 0.5) is 5.69 Å². The largest absolute Gasteiger partial charge is 0.319 e. The fourth-order valence-corrected chi connectivity index (χ4v) is 2.66. The van der Waals surface area contributed by atoms with Gasteiger partial charge in [0.2, 0.25) is 0 Å². The fourth-order valence-electron chi connectivity index (χ4n) is 2.66. The number of nitrogens with one attached hydrogen (secondary N) is 1. The van der Waals surface area contributed by atoms with Crippen LogP contribution >= 0.6 is 0 Å². The molecule has 1 amide bonds. The number of aromatic nitrogens is 4. The van der Waals surface area contributed by atoms with Gasteiger partial charge in [-0.25, -0.2) is 4.68 Å². The molecule has 0 atom stereocenters. The first kappa shape index (κ1) is 15.0. The van der Waals surface area contributed by atoms with Crippen LogP contribution in [0.3, 0.4) is 0 Å². The normalized spacial score (nSPS) is 10.8. The van der Waals surface area contributed by atoms with Crippen molar-refractivity contribution < 1.29 is 4.79 Å². The second kappa shape index (κ2) is 6.16. The second-order valence-electron chi connectivity index (χ2n) is 5.66. The Morgan fingerprint density at radius 1 is 1.12 bits per heavy atom. The molecular weight excluding hydrogens is 314 g/mol. The van der Waals surface area contributed by atoms with Crippen molar-refractivity contribution in [1.82, 2.24) is 19.7 Å². The molecule has 0 aliphatic carbocycles. The number of benzene rings is 1. The molecule has 0 spiro atoms. The maximum atomic E-state index is 12.7. The van der Waals surface area contributed by atoms with Crippen LogP contribution in [0.25, 0.3) is 16.6 Å². The molecule has 6 heteroatoms. The highest BCUT2D eigenvalue weighted by Crippen LogP contribution is 2.20. The number of rotatable bonds is 3. The third kappa shape index (κ3) is 2.97. The van der Waals surface area contributed by atoms with E-state index in [0.29, 0.717) is 11.3 Å². The SMILES string of the molecule is Cc1ccc2cc(C(=O)Nc3cnccc3-n3cccn3)ccc2n1. The van der Waals surface area contributed by atoms with Crippen molar-refractivity contribution in [3.63, 3.8) is 0 Å². The number of pyridine rings is 2. The van der Waals surface area contributed by atoms with Crippen LogP contribution in [0.15, 0.2) is 67.3 Å². The summed E-state index contributed by atoms with van der Waals surface area (Å²) < 4.78 is 1.68. The topological polar surface area (TPSA) is 72.7 Å². The highest BCUT2D eigenvalue weighted by molar-refractivity contribution is 6.06. The molecular formula is C19H15N5O.